The zero-order valence-electron chi connectivity index (χ0n) is 23.0. The predicted octanol–water partition coefficient (Wildman–Crippen LogP) is 7.75. The van der Waals surface area contributed by atoms with E-state index in [1.807, 2.05) is 26.0 Å². The normalized spacial score (nSPS) is 19.7. The van der Waals surface area contributed by atoms with Gasteiger partial charge in [-0.2, -0.15) is 13.2 Å². The number of carbonyl (C=O) groups excluding carboxylic acids is 1. The minimum absolute atomic E-state index is 0.00349. The molecular formula is C29H44F4N2O. The van der Waals surface area contributed by atoms with Crippen LogP contribution in [0.25, 0.3) is 0 Å². The van der Waals surface area contributed by atoms with E-state index in [4.69, 9.17) is 0 Å². The number of alkyl halides is 3. The Kier molecular flexibility index (Phi) is 16.9. The zero-order chi connectivity index (χ0) is 27.7. The van der Waals surface area contributed by atoms with Crippen molar-refractivity contribution in [3.05, 3.63) is 71.2 Å². The van der Waals surface area contributed by atoms with Crippen molar-refractivity contribution in [3.8, 4) is 0 Å². The Morgan fingerprint density at radius 3 is 2.14 bits per heavy atom. The van der Waals surface area contributed by atoms with E-state index in [0.29, 0.717) is 0 Å². The van der Waals surface area contributed by atoms with Crippen LogP contribution in [-0.4, -0.2) is 60.5 Å². The number of Topliss-reactive ketones (excluding diaryl/α,β-unsaturated/α-hetero) is 1. The minimum Gasteiger partial charge on any atom is -0.298 e. The summed E-state index contributed by atoms with van der Waals surface area (Å²) in [5.41, 5.74) is 1.45. The van der Waals surface area contributed by atoms with E-state index < -0.39 is 11.7 Å². The molecule has 1 atom stereocenters. The Bertz CT molecular complexity index is 844. The van der Waals surface area contributed by atoms with E-state index in [1.54, 1.807) is 26.8 Å². The van der Waals surface area contributed by atoms with Crippen molar-refractivity contribution in [1.82, 2.24) is 9.80 Å². The molecule has 0 N–H and O–H groups in total. The summed E-state index contributed by atoms with van der Waals surface area (Å²) in [5.74, 6) is 0.0447. The maximum Gasteiger partial charge on any atom is 0.416 e. The predicted molar refractivity (Wildman–Crippen MR) is 144 cm³/mol. The lowest BCUT2D eigenvalue weighted by molar-refractivity contribution is -0.124. The molecule has 204 valence electrons. The molecule has 7 heteroatoms. The summed E-state index contributed by atoms with van der Waals surface area (Å²) >= 11 is 0. The van der Waals surface area contributed by atoms with Gasteiger partial charge in [0.05, 0.1) is 17.4 Å². The number of halogens is 4. The molecule has 36 heavy (non-hydrogen) atoms. The molecule has 1 rings (SSSR count). The SMILES string of the molecule is C\C=C(/C=C\C=C(/C)F)CN1CCN(CCC)C(C(C)=O)C1.C\C=C/C(=C\C=C(/C)CC)C(F)(F)F. The fourth-order valence-electron chi connectivity index (χ4n) is 3.54. The zero-order valence-corrected chi connectivity index (χ0v) is 23.0. The molecule has 0 aliphatic carbocycles. The highest BCUT2D eigenvalue weighted by molar-refractivity contribution is 5.81. The maximum atomic E-state index is 12.7. The van der Waals surface area contributed by atoms with Crippen molar-refractivity contribution >= 4 is 5.78 Å². The Hall–Kier alpha value is -2.25. The van der Waals surface area contributed by atoms with Crippen LogP contribution in [0.1, 0.15) is 61.3 Å². The van der Waals surface area contributed by atoms with Gasteiger partial charge >= 0.3 is 6.18 Å². The molecule has 0 radical (unpaired) electrons. The smallest absolute Gasteiger partial charge is 0.298 e. The molecule has 1 aliphatic heterocycles. The summed E-state index contributed by atoms with van der Waals surface area (Å²) in [4.78, 5) is 16.5. The first-order valence-electron chi connectivity index (χ1n) is 12.6. The van der Waals surface area contributed by atoms with E-state index in [0.717, 1.165) is 68.9 Å². The van der Waals surface area contributed by atoms with Crippen LogP contribution in [0.5, 0.6) is 0 Å². The van der Waals surface area contributed by atoms with Crippen LogP contribution in [0.2, 0.25) is 0 Å². The third-order valence-corrected chi connectivity index (χ3v) is 5.75. The highest BCUT2D eigenvalue weighted by atomic mass is 19.4. The second-order valence-corrected chi connectivity index (χ2v) is 8.86. The summed E-state index contributed by atoms with van der Waals surface area (Å²) < 4.78 is 49.6. The number of piperazine rings is 1. The second kappa shape index (κ2) is 18.1. The van der Waals surface area contributed by atoms with E-state index in [9.17, 15) is 22.4 Å². The molecule has 1 fully saturated rings. The molecule has 0 spiro atoms. The second-order valence-electron chi connectivity index (χ2n) is 8.86. The van der Waals surface area contributed by atoms with E-state index in [1.165, 1.54) is 25.2 Å². The van der Waals surface area contributed by atoms with E-state index in [2.05, 4.69) is 16.7 Å². The molecule has 0 saturated carbocycles. The van der Waals surface area contributed by atoms with Crippen LogP contribution in [0, 0.1) is 0 Å². The van der Waals surface area contributed by atoms with Crippen molar-refractivity contribution in [2.75, 3.05) is 32.7 Å². The summed E-state index contributed by atoms with van der Waals surface area (Å²) in [5, 5.41) is 0. The van der Waals surface area contributed by atoms with Crippen LogP contribution in [0.3, 0.4) is 0 Å². The van der Waals surface area contributed by atoms with Crippen LogP contribution < -0.4 is 0 Å². The monoisotopic (exact) mass is 512 g/mol. The van der Waals surface area contributed by atoms with Gasteiger partial charge in [-0.15, -0.1) is 0 Å². The van der Waals surface area contributed by atoms with Crippen molar-refractivity contribution < 1.29 is 22.4 Å². The molecule has 0 aromatic rings. The Labute approximate surface area is 215 Å². The molecule has 1 aliphatic rings. The summed E-state index contributed by atoms with van der Waals surface area (Å²) in [6.07, 6.45) is 9.80. The van der Waals surface area contributed by atoms with E-state index in [-0.39, 0.29) is 17.7 Å². The summed E-state index contributed by atoms with van der Waals surface area (Å²) in [6, 6.07) is 0.00349. The van der Waals surface area contributed by atoms with Gasteiger partial charge in [-0.1, -0.05) is 62.0 Å². The Morgan fingerprint density at radius 1 is 1.00 bits per heavy atom. The summed E-state index contributed by atoms with van der Waals surface area (Å²) in [7, 11) is 0. The van der Waals surface area contributed by atoms with Gasteiger partial charge in [0.2, 0.25) is 0 Å². The lowest BCUT2D eigenvalue weighted by atomic mass is 10.1. The number of nitrogens with zero attached hydrogens (tertiary/aromatic N) is 2. The quantitative estimate of drug-likeness (QED) is 0.221. The van der Waals surface area contributed by atoms with Gasteiger partial charge in [0.15, 0.2) is 0 Å². The van der Waals surface area contributed by atoms with Gasteiger partial charge < -0.3 is 0 Å². The van der Waals surface area contributed by atoms with Gasteiger partial charge in [0.25, 0.3) is 0 Å². The minimum atomic E-state index is -4.27. The molecule has 0 aromatic heterocycles. The van der Waals surface area contributed by atoms with Gasteiger partial charge in [0, 0.05) is 26.2 Å². The van der Waals surface area contributed by atoms with Crippen LogP contribution in [-0.2, 0) is 4.79 Å². The molecule has 1 saturated heterocycles. The molecule has 0 amide bonds. The van der Waals surface area contributed by atoms with Crippen molar-refractivity contribution in [2.45, 2.75) is 73.5 Å². The average molecular weight is 513 g/mol. The number of allylic oxidation sites excluding steroid dienone is 10. The third-order valence-electron chi connectivity index (χ3n) is 5.75. The molecular weight excluding hydrogens is 468 g/mol. The lowest BCUT2D eigenvalue weighted by Gasteiger charge is -2.40. The Morgan fingerprint density at radius 2 is 1.67 bits per heavy atom. The first-order chi connectivity index (χ1) is 16.9. The standard InChI is InChI=1S/C18H29FN2O.C11H15F3/c1-5-10-21-12-11-20(14-18(21)16(4)22)13-17(6-2)9-7-8-15(3)19;1-4-6-10(11(12,13)14)8-7-9(3)5-2/h6-9,18H,5,10-14H2,1-4H3;4,6-8H,5H2,1-3H3/b9-7-,15-8+,17-6+;6-4-,9-7+,10-8+. The molecule has 1 unspecified atom stereocenters. The van der Waals surface area contributed by atoms with Gasteiger partial charge in [0.1, 0.15) is 5.78 Å². The Balaban J connectivity index is 0.000000757. The summed E-state index contributed by atoms with van der Waals surface area (Å²) in [6.45, 7) is 17.0. The van der Waals surface area contributed by atoms with Crippen molar-refractivity contribution in [1.29, 1.82) is 0 Å². The highest BCUT2D eigenvalue weighted by Crippen LogP contribution is 2.26. The van der Waals surface area contributed by atoms with Crippen LogP contribution in [0.15, 0.2) is 71.2 Å². The topological polar surface area (TPSA) is 23.6 Å². The average Bonchev–Trinajstić information content (AvgIpc) is 2.81. The number of hydrogen-bond donors (Lipinski definition) is 0. The molecule has 0 bridgehead atoms. The van der Waals surface area contributed by atoms with Gasteiger partial charge in [-0.3, -0.25) is 14.6 Å². The number of hydrogen-bond acceptors (Lipinski definition) is 3. The first kappa shape index (κ1) is 33.8. The first-order valence-corrected chi connectivity index (χ1v) is 12.6. The maximum absolute atomic E-state index is 12.7. The van der Waals surface area contributed by atoms with E-state index >= 15 is 0 Å². The molecule has 3 nitrogen and oxygen atoms in total. The third kappa shape index (κ3) is 14.3. The molecule has 0 aromatic carbocycles. The number of ketones is 1. The fourth-order valence-corrected chi connectivity index (χ4v) is 3.54. The molecule has 1 heterocycles. The van der Waals surface area contributed by atoms with Crippen LogP contribution in [0.4, 0.5) is 17.6 Å². The lowest BCUT2D eigenvalue weighted by Crippen LogP contribution is -2.56. The van der Waals surface area contributed by atoms with Gasteiger partial charge in [-0.05, 0) is 65.7 Å². The van der Waals surface area contributed by atoms with Gasteiger partial charge in [-0.25, -0.2) is 4.39 Å². The largest absolute Gasteiger partial charge is 0.416 e. The number of rotatable bonds is 10. The number of carbonyl (C=O) groups is 1. The highest BCUT2D eigenvalue weighted by Gasteiger charge is 2.31. The van der Waals surface area contributed by atoms with Crippen molar-refractivity contribution in [2.24, 2.45) is 0 Å². The van der Waals surface area contributed by atoms with Crippen LogP contribution >= 0.6 is 0 Å². The van der Waals surface area contributed by atoms with Crippen molar-refractivity contribution in [3.63, 3.8) is 0 Å². The fraction of sp³-hybridized carbons (Fsp3) is 0.552.